The predicted molar refractivity (Wildman–Crippen MR) is 117 cm³/mol. The van der Waals surface area contributed by atoms with Gasteiger partial charge in [-0.1, -0.05) is 35.3 Å². The van der Waals surface area contributed by atoms with Crippen molar-refractivity contribution in [1.29, 1.82) is 0 Å². The average molecular weight is 462 g/mol. The number of ketones is 1. The van der Waals surface area contributed by atoms with E-state index in [0.717, 1.165) is 12.8 Å². The summed E-state index contributed by atoms with van der Waals surface area (Å²) in [5.74, 6) is -1.07. The van der Waals surface area contributed by atoms with E-state index in [1.807, 2.05) is 0 Å². The van der Waals surface area contributed by atoms with Crippen molar-refractivity contribution in [2.75, 3.05) is 20.3 Å². The molecule has 31 heavy (non-hydrogen) atoms. The number of hydrogen-bond donors (Lipinski definition) is 1. The number of nitrogens with zero attached hydrogens (tertiary/aromatic N) is 1. The molecule has 0 saturated carbocycles. The topological polar surface area (TPSA) is 76.1 Å². The highest BCUT2D eigenvalue weighted by molar-refractivity contribution is 6.46. The van der Waals surface area contributed by atoms with Crippen LogP contribution in [0.15, 0.2) is 48.0 Å². The number of carbonyl (C=O) groups is 2. The maximum absolute atomic E-state index is 13.0. The summed E-state index contributed by atoms with van der Waals surface area (Å²) in [6.45, 7) is 0.893. The van der Waals surface area contributed by atoms with Crippen LogP contribution >= 0.6 is 23.2 Å². The first kappa shape index (κ1) is 21.7. The van der Waals surface area contributed by atoms with Gasteiger partial charge in [-0.15, -0.1) is 0 Å². The molecule has 2 aliphatic rings. The third-order valence-corrected chi connectivity index (χ3v) is 6.33. The maximum atomic E-state index is 13.0. The van der Waals surface area contributed by atoms with Gasteiger partial charge in [-0.3, -0.25) is 9.59 Å². The second-order valence-corrected chi connectivity index (χ2v) is 8.30. The van der Waals surface area contributed by atoms with Crippen LogP contribution in [-0.4, -0.2) is 48.1 Å². The molecular formula is C23H21Cl2NO5. The molecule has 2 heterocycles. The average Bonchev–Trinajstić information content (AvgIpc) is 3.38. The monoisotopic (exact) mass is 461 g/mol. The highest BCUT2D eigenvalue weighted by Gasteiger charge is 2.47. The first-order valence-electron chi connectivity index (χ1n) is 9.90. The molecule has 2 fully saturated rings. The Bertz CT molecular complexity index is 1040. The lowest BCUT2D eigenvalue weighted by Gasteiger charge is -2.27. The minimum atomic E-state index is -0.760. The number of hydrogen-bond acceptors (Lipinski definition) is 5. The molecule has 0 aromatic heterocycles. The Labute approximate surface area is 190 Å². The number of ether oxygens (including phenoxy) is 2. The van der Waals surface area contributed by atoms with Crippen molar-refractivity contribution in [3.63, 3.8) is 0 Å². The van der Waals surface area contributed by atoms with E-state index in [0.29, 0.717) is 28.5 Å². The van der Waals surface area contributed by atoms with Crippen molar-refractivity contribution in [2.45, 2.75) is 25.0 Å². The Kier molecular flexibility index (Phi) is 6.23. The van der Waals surface area contributed by atoms with Crippen LogP contribution in [0.2, 0.25) is 10.0 Å². The van der Waals surface area contributed by atoms with Gasteiger partial charge < -0.3 is 19.5 Å². The highest BCUT2D eigenvalue weighted by atomic mass is 35.5. The van der Waals surface area contributed by atoms with E-state index in [9.17, 15) is 14.7 Å². The van der Waals surface area contributed by atoms with Crippen LogP contribution in [0.3, 0.4) is 0 Å². The Morgan fingerprint density at radius 1 is 1.16 bits per heavy atom. The van der Waals surface area contributed by atoms with Crippen LogP contribution in [0.5, 0.6) is 5.75 Å². The Hall–Kier alpha value is -2.54. The first-order chi connectivity index (χ1) is 14.9. The molecule has 0 spiro atoms. The summed E-state index contributed by atoms with van der Waals surface area (Å²) in [6, 6.07) is 10.9. The largest absolute Gasteiger partial charge is 0.507 e. The SMILES string of the molecule is COc1ccc(C2/C(=C(/O)c3ccc(Cl)c(Cl)c3)C(=O)C(=O)N2CC2CCCO2)cc1. The molecular weight excluding hydrogens is 441 g/mol. The number of halogens is 2. The van der Waals surface area contributed by atoms with E-state index in [1.54, 1.807) is 37.4 Å². The molecule has 2 aromatic rings. The van der Waals surface area contributed by atoms with Gasteiger partial charge in [0.25, 0.3) is 11.7 Å². The number of likely N-dealkylation sites (tertiary alicyclic amines) is 1. The summed E-state index contributed by atoms with van der Waals surface area (Å²) in [7, 11) is 1.56. The van der Waals surface area contributed by atoms with Gasteiger partial charge in [0.15, 0.2) is 0 Å². The van der Waals surface area contributed by atoms with E-state index >= 15 is 0 Å². The minimum Gasteiger partial charge on any atom is -0.507 e. The molecule has 2 atom stereocenters. The summed E-state index contributed by atoms with van der Waals surface area (Å²) in [6.07, 6.45) is 1.57. The van der Waals surface area contributed by atoms with Crippen molar-refractivity contribution in [3.8, 4) is 5.75 Å². The summed E-state index contributed by atoms with van der Waals surface area (Å²) < 4.78 is 10.9. The molecule has 0 bridgehead atoms. The summed E-state index contributed by atoms with van der Waals surface area (Å²) in [5, 5.41) is 11.6. The molecule has 162 valence electrons. The zero-order chi connectivity index (χ0) is 22.1. The lowest BCUT2D eigenvalue weighted by atomic mass is 9.95. The quantitative estimate of drug-likeness (QED) is 0.399. The molecule has 2 aromatic carbocycles. The number of methoxy groups -OCH3 is 1. The van der Waals surface area contributed by atoms with Gasteiger partial charge in [0.1, 0.15) is 11.5 Å². The molecule has 6 nitrogen and oxygen atoms in total. The third kappa shape index (κ3) is 4.15. The van der Waals surface area contributed by atoms with Gasteiger partial charge in [-0.05, 0) is 48.7 Å². The number of Topliss-reactive ketones (excluding diaryl/α,β-unsaturated/α-hetero) is 1. The third-order valence-electron chi connectivity index (χ3n) is 5.59. The number of rotatable bonds is 5. The van der Waals surface area contributed by atoms with E-state index < -0.39 is 17.7 Å². The molecule has 1 N–H and O–H groups in total. The fraction of sp³-hybridized carbons (Fsp3) is 0.304. The summed E-state index contributed by atoms with van der Waals surface area (Å²) in [4.78, 5) is 27.5. The molecule has 2 saturated heterocycles. The molecule has 1 amide bonds. The van der Waals surface area contributed by atoms with Crippen molar-refractivity contribution in [3.05, 3.63) is 69.2 Å². The number of aliphatic hydroxyl groups excluding tert-OH is 1. The van der Waals surface area contributed by atoms with E-state index in [2.05, 4.69) is 0 Å². The molecule has 0 aliphatic carbocycles. The minimum absolute atomic E-state index is 0.00607. The molecule has 4 rings (SSSR count). The molecule has 2 aliphatic heterocycles. The first-order valence-corrected chi connectivity index (χ1v) is 10.7. The normalized spacial score (nSPS) is 22.9. The van der Waals surface area contributed by atoms with Crippen molar-refractivity contribution in [2.24, 2.45) is 0 Å². The number of amides is 1. The molecule has 2 unspecified atom stereocenters. The van der Waals surface area contributed by atoms with Crippen LogP contribution in [0.1, 0.15) is 30.0 Å². The fourth-order valence-electron chi connectivity index (χ4n) is 4.01. The van der Waals surface area contributed by atoms with Crippen molar-refractivity contribution in [1.82, 2.24) is 4.90 Å². The molecule has 0 radical (unpaired) electrons. The van der Waals surface area contributed by atoms with Gasteiger partial charge in [-0.25, -0.2) is 0 Å². The fourth-order valence-corrected chi connectivity index (χ4v) is 4.31. The Morgan fingerprint density at radius 2 is 1.90 bits per heavy atom. The zero-order valence-corrected chi connectivity index (χ0v) is 18.3. The lowest BCUT2D eigenvalue weighted by molar-refractivity contribution is -0.140. The van der Waals surface area contributed by atoms with E-state index in [1.165, 1.54) is 17.0 Å². The van der Waals surface area contributed by atoms with Crippen molar-refractivity contribution >= 4 is 40.7 Å². The zero-order valence-electron chi connectivity index (χ0n) is 16.8. The van der Waals surface area contributed by atoms with E-state index in [-0.39, 0.29) is 29.0 Å². The van der Waals surface area contributed by atoms with Gasteiger partial charge >= 0.3 is 0 Å². The lowest BCUT2D eigenvalue weighted by Crippen LogP contribution is -2.36. The van der Waals surface area contributed by atoms with Crippen LogP contribution in [0.4, 0.5) is 0 Å². The van der Waals surface area contributed by atoms with Crippen LogP contribution in [-0.2, 0) is 14.3 Å². The Morgan fingerprint density at radius 3 is 2.52 bits per heavy atom. The second kappa shape index (κ2) is 8.91. The number of aliphatic hydroxyl groups is 1. The van der Waals surface area contributed by atoms with Crippen LogP contribution < -0.4 is 4.74 Å². The second-order valence-electron chi connectivity index (χ2n) is 7.49. The van der Waals surface area contributed by atoms with Crippen molar-refractivity contribution < 1.29 is 24.2 Å². The van der Waals surface area contributed by atoms with Crippen LogP contribution in [0, 0.1) is 0 Å². The van der Waals surface area contributed by atoms with E-state index in [4.69, 9.17) is 32.7 Å². The molecule has 8 heteroatoms. The summed E-state index contributed by atoms with van der Waals surface area (Å²) in [5.41, 5.74) is 0.995. The van der Waals surface area contributed by atoms with Gasteiger partial charge in [-0.2, -0.15) is 0 Å². The number of benzene rings is 2. The summed E-state index contributed by atoms with van der Waals surface area (Å²) >= 11 is 12.1. The van der Waals surface area contributed by atoms with Crippen LogP contribution in [0.25, 0.3) is 5.76 Å². The predicted octanol–water partition coefficient (Wildman–Crippen LogP) is 4.60. The maximum Gasteiger partial charge on any atom is 0.295 e. The smallest absolute Gasteiger partial charge is 0.295 e. The van der Waals surface area contributed by atoms with Gasteiger partial charge in [0.2, 0.25) is 0 Å². The van der Waals surface area contributed by atoms with Gasteiger partial charge in [0, 0.05) is 18.7 Å². The Balaban J connectivity index is 1.82. The highest BCUT2D eigenvalue weighted by Crippen LogP contribution is 2.41. The standard InChI is InChI=1S/C23H21Cl2NO5/c1-30-15-7-4-13(5-8-15)20-19(21(27)14-6-9-17(24)18(25)11-14)22(28)23(29)26(20)12-16-3-2-10-31-16/h4-9,11,16,20,27H,2-3,10,12H2,1H3/b21-19-. The number of carbonyl (C=O) groups excluding carboxylic acids is 2. The van der Waals surface area contributed by atoms with Gasteiger partial charge in [0.05, 0.1) is 34.9 Å².